The number of carbonyl (C=O) groups is 1. The number of nitrogens with zero attached hydrogens (tertiary/aromatic N) is 1. The molecule has 0 aliphatic carbocycles. The highest BCUT2D eigenvalue weighted by Gasteiger charge is 2.34. The minimum atomic E-state index is -0.731. The summed E-state index contributed by atoms with van der Waals surface area (Å²) >= 11 is 11.2. The van der Waals surface area contributed by atoms with Crippen molar-refractivity contribution < 1.29 is 9.90 Å². The highest BCUT2D eigenvalue weighted by atomic mass is 35.5. The number of halogens is 2. The zero-order chi connectivity index (χ0) is 10.7. The second-order valence-electron chi connectivity index (χ2n) is 3.67. The van der Waals surface area contributed by atoms with Crippen LogP contribution in [0.1, 0.15) is 6.92 Å². The lowest BCUT2D eigenvalue weighted by atomic mass is 9.99. The van der Waals surface area contributed by atoms with Crippen LogP contribution in [0.15, 0.2) is 10.6 Å². The van der Waals surface area contributed by atoms with E-state index in [-0.39, 0.29) is 11.8 Å². The molecule has 1 saturated heterocycles. The van der Waals surface area contributed by atoms with Gasteiger partial charge in [-0.3, -0.25) is 9.69 Å². The van der Waals surface area contributed by atoms with Crippen molar-refractivity contribution >= 4 is 29.2 Å². The van der Waals surface area contributed by atoms with Gasteiger partial charge in [0.05, 0.1) is 5.92 Å². The van der Waals surface area contributed by atoms with Crippen LogP contribution < -0.4 is 0 Å². The van der Waals surface area contributed by atoms with Crippen LogP contribution in [0.3, 0.4) is 0 Å². The number of likely N-dealkylation sites (tertiary alicyclic amines) is 1. The van der Waals surface area contributed by atoms with E-state index in [2.05, 4.69) is 0 Å². The average molecular weight is 238 g/mol. The number of rotatable bonds is 3. The molecule has 2 unspecified atom stereocenters. The van der Waals surface area contributed by atoms with Crippen molar-refractivity contribution in [3.63, 3.8) is 0 Å². The maximum absolute atomic E-state index is 10.8. The van der Waals surface area contributed by atoms with Crippen LogP contribution in [0.25, 0.3) is 0 Å². The van der Waals surface area contributed by atoms with Crippen molar-refractivity contribution in [2.24, 2.45) is 11.8 Å². The third kappa shape index (κ3) is 2.87. The lowest BCUT2D eigenvalue weighted by Gasteiger charge is -2.13. The summed E-state index contributed by atoms with van der Waals surface area (Å²) < 4.78 is 0. The molecule has 0 saturated carbocycles. The maximum atomic E-state index is 10.8. The predicted molar refractivity (Wildman–Crippen MR) is 56.5 cm³/mol. The van der Waals surface area contributed by atoms with Crippen molar-refractivity contribution in [2.75, 3.05) is 19.6 Å². The fraction of sp³-hybridized carbons (Fsp3) is 0.667. The summed E-state index contributed by atoms with van der Waals surface area (Å²) in [6.45, 7) is 3.80. The number of carboxylic acid groups (broad SMARTS) is 1. The van der Waals surface area contributed by atoms with Crippen LogP contribution in [0.5, 0.6) is 0 Å². The van der Waals surface area contributed by atoms with E-state index in [4.69, 9.17) is 28.3 Å². The van der Waals surface area contributed by atoms with Gasteiger partial charge in [0.15, 0.2) is 0 Å². The van der Waals surface area contributed by atoms with E-state index in [1.165, 1.54) is 5.54 Å². The van der Waals surface area contributed by atoms with Gasteiger partial charge in [-0.2, -0.15) is 0 Å². The smallest absolute Gasteiger partial charge is 0.308 e. The highest BCUT2D eigenvalue weighted by Crippen LogP contribution is 2.24. The molecule has 0 spiro atoms. The summed E-state index contributed by atoms with van der Waals surface area (Å²) in [5.74, 6) is -0.840. The van der Waals surface area contributed by atoms with Crippen LogP contribution in [0.4, 0.5) is 0 Å². The molecule has 1 heterocycles. The minimum absolute atomic E-state index is 0.173. The first-order valence-electron chi connectivity index (χ1n) is 4.44. The van der Waals surface area contributed by atoms with E-state index >= 15 is 0 Å². The van der Waals surface area contributed by atoms with E-state index in [1.54, 1.807) is 0 Å². The second kappa shape index (κ2) is 5.01. The quantitative estimate of drug-likeness (QED) is 0.816. The Morgan fingerprint density at radius 3 is 2.71 bits per heavy atom. The molecule has 0 aromatic carbocycles. The third-order valence-corrected chi connectivity index (χ3v) is 3.10. The van der Waals surface area contributed by atoms with Crippen LogP contribution in [0.2, 0.25) is 0 Å². The van der Waals surface area contributed by atoms with Crippen molar-refractivity contribution in [3.05, 3.63) is 10.6 Å². The number of carboxylic acids is 1. The molecule has 5 heteroatoms. The van der Waals surface area contributed by atoms with Gasteiger partial charge in [0.25, 0.3) is 0 Å². The summed E-state index contributed by atoms with van der Waals surface area (Å²) in [6, 6.07) is 0. The molecule has 1 rings (SSSR count). The first-order chi connectivity index (χ1) is 6.54. The van der Waals surface area contributed by atoms with Gasteiger partial charge < -0.3 is 5.11 Å². The molecule has 1 N–H and O–H groups in total. The maximum Gasteiger partial charge on any atom is 0.308 e. The number of hydrogen-bond acceptors (Lipinski definition) is 2. The lowest BCUT2D eigenvalue weighted by Crippen LogP contribution is -2.24. The number of aliphatic carboxylic acids is 1. The van der Waals surface area contributed by atoms with E-state index in [0.29, 0.717) is 18.1 Å². The molecular formula is C9H13Cl2NO2. The predicted octanol–water partition coefficient (Wildman–Crippen LogP) is 1.96. The molecule has 14 heavy (non-hydrogen) atoms. The molecule has 1 aliphatic heterocycles. The summed E-state index contributed by atoms with van der Waals surface area (Å²) in [5.41, 5.74) is 1.32. The molecule has 0 aromatic rings. The Morgan fingerprint density at radius 1 is 1.64 bits per heavy atom. The Morgan fingerprint density at radius 2 is 2.29 bits per heavy atom. The number of hydrogen-bond donors (Lipinski definition) is 1. The second-order valence-corrected chi connectivity index (χ2v) is 4.38. The Kier molecular flexibility index (Phi) is 4.23. The molecule has 3 nitrogen and oxygen atoms in total. The molecule has 0 aromatic heterocycles. The van der Waals surface area contributed by atoms with E-state index in [1.807, 2.05) is 11.8 Å². The van der Waals surface area contributed by atoms with Crippen LogP contribution in [-0.4, -0.2) is 35.6 Å². The fourth-order valence-corrected chi connectivity index (χ4v) is 2.00. The van der Waals surface area contributed by atoms with Crippen molar-refractivity contribution in [1.29, 1.82) is 0 Å². The molecule has 2 atom stereocenters. The molecule has 80 valence electrons. The monoisotopic (exact) mass is 237 g/mol. The third-order valence-electron chi connectivity index (χ3n) is 2.50. The highest BCUT2D eigenvalue weighted by molar-refractivity contribution is 6.36. The molecule has 1 fully saturated rings. The minimum Gasteiger partial charge on any atom is -0.481 e. The average Bonchev–Trinajstić information content (AvgIpc) is 2.46. The van der Waals surface area contributed by atoms with Gasteiger partial charge in [-0.25, -0.2) is 0 Å². The van der Waals surface area contributed by atoms with Gasteiger partial charge in [0.1, 0.15) is 0 Å². The molecule has 0 radical (unpaired) electrons. The van der Waals surface area contributed by atoms with Crippen molar-refractivity contribution in [3.8, 4) is 0 Å². The normalized spacial score (nSPS) is 29.5. The van der Waals surface area contributed by atoms with Crippen LogP contribution >= 0.6 is 23.2 Å². The van der Waals surface area contributed by atoms with Gasteiger partial charge in [0.2, 0.25) is 0 Å². The van der Waals surface area contributed by atoms with E-state index in [9.17, 15) is 4.79 Å². The SMILES string of the molecule is CC1CN(CC(Cl)=CCl)CC1C(=O)O. The zero-order valence-electron chi connectivity index (χ0n) is 7.91. The summed E-state index contributed by atoms with van der Waals surface area (Å²) in [7, 11) is 0. The first-order valence-corrected chi connectivity index (χ1v) is 5.26. The largest absolute Gasteiger partial charge is 0.481 e. The van der Waals surface area contributed by atoms with Gasteiger partial charge in [-0.15, -0.1) is 0 Å². The van der Waals surface area contributed by atoms with E-state index < -0.39 is 5.97 Å². The topological polar surface area (TPSA) is 40.5 Å². The Bertz CT molecular complexity index is 255. The van der Waals surface area contributed by atoms with Crippen molar-refractivity contribution in [2.45, 2.75) is 6.92 Å². The summed E-state index contributed by atoms with van der Waals surface area (Å²) in [5, 5.41) is 9.44. The molecular weight excluding hydrogens is 225 g/mol. The fourth-order valence-electron chi connectivity index (χ4n) is 1.77. The van der Waals surface area contributed by atoms with Crippen molar-refractivity contribution in [1.82, 2.24) is 4.90 Å². The van der Waals surface area contributed by atoms with Crippen LogP contribution in [-0.2, 0) is 4.79 Å². The van der Waals surface area contributed by atoms with E-state index in [0.717, 1.165) is 6.54 Å². The Labute approximate surface area is 93.3 Å². The Hall–Kier alpha value is -0.250. The van der Waals surface area contributed by atoms with Gasteiger partial charge in [0, 0.05) is 30.2 Å². The Balaban J connectivity index is 2.51. The molecule has 0 amide bonds. The standard InChI is InChI=1S/C9H13Cl2NO2/c1-6-3-12(4-7(11)2-10)5-8(6)9(13)14/h2,6,8H,3-5H2,1H3,(H,13,14). The first kappa shape index (κ1) is 11.8. The van der Waals surface area contributed by atoms with Gasteiger partial charge in [-0.1, -0.05) is 30.1 Å². The van der Waals surface area contributed by atoms with Crippen LogP contribution in [0, 0.1) is 11.8 Å². The summed E-state index contributed by atoms with van der Waals surface area (Å²) in [4.78, 5) is 12.8. The molecule has 0 bridgehead atoms. The summed E-state index contributed by atoms with van der Waals surface area (Å²) in [6.07, 6.45) is 0. The zero-order valence-corrected chi connectivity index (χ0v) is 9.42. The molecule has 1 aliphatic rings. The van der Waals surface area contributed by atoms with Gasteiger partial charge in [-0.05, 0) is 5.92 Å². The lowest BCUT2D eigenvalue weighted by molar-refractivity contribution is -0.142. The van der Waals surface area contributed by atoms with Gasteiger partial charge >= 0.3 is 5.97 Å².